The summed E-state index contributed by atoms with van der Waals surface area (Å²) in [6.07, 6.45) is 8.66. The fraction of sp³-hybridized carbons (Fsp3) is 0.789. The third kappa shape index (κ3) is 3.01. The van der Waals surface area contributed by atoms with Gasteiger partial charge in [0.1, 0.15) is 12.2 Å². The van der Waals surface area contributed by atoms with E-state index in [9.17, 15) is 9.59 Å². The summed E-state index contributed by atoms with van der Waals surface area (Å²) >= 11 is 0. The highest BCUT2D eigenvalue weighted by molar-refractivity contribution is 5.78. The molecule has 0 radical (unpaired) electrons. The molecule has 4 rings (SSSR count). The van der Waals surface area contributed by atoms with E-state index >= 15 is 0 Å². The molecule has 2 saturated heterocycles. The molecule has 1 aromatic heterocycles. The molecule has 1 aromatic rings. The second-order valence-electron chi connectivity index (χ2n) is 8.57. The van der Waals surface area contributed by atoms with Gasteiger partial charge in [0.25, 0.3) is 0 Å². The second kappa shape index (κ2) is 6.67. The Bertz CT molecular complexity index is 688. The van der Waals surface area contributed by atoms with Gasteiger partial charge in [0.2, 0.25) is 11.8 Å². The van der Waals surface area contributed by atoms with E-state index in [2.05, 4.69) is 10.2 Å². The number of aryl methyl sites for hydroxylation is 1. The van der Waals surface area contributed by atoms with E-state index in [1.165, 1.54) is 32.1 Å². The molecule has 3 heterocycles. The van der Waals surface area contributed by atoms with Crippen LogP contribution in [-0.2, 0) is 16.6 Å². The van der Waals surface area contributed by atoms with Crippen molar-refractivity contribution < 1.29 is 9.59 Å². The first-order valence-corrected chi connectivity index (χ1v) is 9.86. The number of carbonyl (C=O) groups excluding carboxylic acids is 2. The summed E-state index contributed by atoms with van der Waals surface area (Å²) in [5.74, 6) is 2.03. The topological polar surface area (TPSA) is 71.3 Å². The van der Waals surface area contributed by atoms with Crippen LogP contribution in [0.2, 0.25) is 0 Å². The minimum absolute atomic E-state index is 0.0608. The Labute approximate surface area is 154 Å². The summed E-state index contributed by atoms with van der Waals surface area (Å²) in [4.78, 5) is 28.6. The van der Waals surface area contributed by atoms with E-state index in [1.54, 1.807) is 13.3 Å². The molecule has 1 unspecified atom stereocenters. The molecular weight excluding hydrogens is 330 g/mol. The van der Waals surface area contributed by atoms with Crippen LogP contribution in [-0.4, -0.2) is 62.6 Å². The van der Waals surface area contributed by atoms with Crippen LogP contribution in [0.25, 0.3) is 0 Å². The first kappa shape index (κ1) is 17.5. The fourth-order valence-electron chi connectivity index (χ4n) is 5.15. The van der Waals surface area contributed by atoms with Crippen molar-refractivity contribution in [3.8, 4) is 0 Å². The summed E-state index contributed by atoms with van der Waals surface area (Å²) in [5, 5.41) is 8.32. The van der Waals surface area contributed by atoms with Gasteiger partial charge in [0.05, 0.1) is 0 Å². The molecule has 7 heteroatoms. The van der Waals surface area contributed by atoms with Crippen molar-refractivity contribution in [3.05, 3.63) is 12.2 Å². The molecule has 7 nitrogen and oxygen atoms in total. The number of nitrogens with zero attached hydrogens (tertiary/aromatic N) is 5. The summed E-state index contributed by atoms with van der Waals surface area (Å²) in [7, 11) is 1.95. The molecule has 1 atom stereocenters. The predicted molar refractivity (Wildman–Crippen MR) is 96.2 cm³/mol. The standard InChI is InChI=1S/C19H29N5O2/c1-14(25)23-9-16(18-21-20-13-22(18)2)19(10-23)11-24(12-19)17(26)8-15-6-4-3-5-7-15/h13,15-16H,3-12H2,1-2H3. The lowest BCUT2D eigenvalue weighted by atomic mass is 9.70. The van der Waals surface area contributed by atoms with Crippen molar-refractivity contribution in [1.29, 1.82) is 0 Å². The lowest BCUT2D eigenvalue weighted by Gasteiger charge is -2.50. The minimum Gasteiger partial charge on any atom is -0.341 e. The van der Waals surface area contributed by atoms with Crippen molar-refractivity contribution in [2.24, 2.45) is 18.4 Å². The van der Waals surface area contributed by atoms with Crippen molar-refractivity contribution in [2.75, 3.05) is 26.2 Å². The first-order valence-electron chi connectivity index (χ1n) is 9.86. The average molecular weight is 359 g/mol. The molecule has 1 aliphatic carbocycles. The third-order valence-corrected chi connectivity index (χ3v) is 6.70. The largest absolute Gasteiger partial charge is 0.341 e. The molecular formula is C19H29N5O2. The zero-order valence-corrected chi connectivity index (χ0v) is 15.9. The van der Waals surface area contributed by atoms with E-state index in [1.807, 2.05) is 21.4 Å². The van der Waals surface area contributed by atoms with Gasteiger partial charge in [-0.2, -0.15) is 0 Å². The average Bonchev–Trinajstić information content (AvgIpc) is 3.17. The first-order chi connectivity index (χ1) is 12.5. The monoisotopic (exact) mass is 359 g/mol. The maximum absolute atomic E-state index is 12.7. The Morgan fingerprint density at radius 2 is 1.85 bits per heavy atom. The van der Waals surface area contributed by atoms with E-state index in [-0.39, 0.29) is 17.2 Å². The summed E-state index contributed by atoms with van der Waals surface area (Å²) in [6.45, 7) is 4.48. The lowest BCUT2D eigenvalue weighted by molar-refractivity contribution is -0.145. The van der Waals surface area contributed by atoms with Crippen LogP contribution < -0.4 is 0 Å². The highest BCUT2D eigenvalue weighted by Crippen LogP contribution is 2.49. The number of rotatable bonds is 3. The van der Waals surface area contributed by atoms with Gasteiger partial charge >= 0.3 is 0 Å². The Hall–Kier alpha value is -1.92. The van der Waals surface area contributed by atoms with Crippen LogP contribution in [0.1, 0.15) is 57.2 Å². The number of carbonyl (C=O) groups is 2. The third-order valence-electron chi connectivity index (χ3n) is 6.70. The molecule has 2 amide bonds. The minimum atomic E-state index is -0.0608. The summed E-state index contributed by atoms with van der Waals surface area (Å²) in [5.41, 5.74) is -0.0608. The Balaban J connectivity index is 1.44. The Kier molecular flexibility index (Phi) is 4.49. The van der Waals surface area contributed by atoms with Crippen LogP contribution >= 0.6 is 0 Å². The van der Waals surface area contributed by atoms with Crippen LogP contribution in [0, 0.1) is 11.3 Å². The van der Waals surface area contributed by atoms with Crippen molar-refractivity contribution in [2.45, 2.75) is 51.4 Å². The van der Waals surface area contributed by atoms with Crippen LogP contribution in [0.15, 0.2) is 6.33 Å². The van der Waals surface area contributed by atoms with Gasteiger partial charge in [-0.25, -0.2) is 0 Å². The maximum atomic E-state index is 12.7. The number of hydrogen-bond donors (Lipinski definition) is 0. The quantitative estimate of drug-likeness (QED) is 0.821. The van der Waals surface area contributed by atoms with Gasteiger partial charge in [-0.3, -0.25) is 9.59 Å². The molecule has 0 bridgehead atoms. The fourth-order valence-corrected chi connectivity index (χ4v) is 5.15. The van der Waals surface area contributed by atoms with E-state index in [0.717, 1.165) is 18.9 Å². The van der Waals surface area contributed by atoms with Gasteiger partial charge < -0.3 is 14.4 Å². The molecule has 3 aliphatic rings. The molecule has 0 aromatic carbocycles. The highest BCUT2D eigenvalue weighted by atomic mass is 16.2. The van der Waals surface area contributed by atoms with E-state index in [4.69, 9.17) is 0 Å². The molecule has 2 aliphatic heterocycles. The number of aromatic nitrogens is 3. The lowest BCUT2D eigenvalue weighted by Crippen LogP contribution is -2.62. The Morgan fingerprint density at radius 1 is 1.15 bits per heavy atom. The summed E-state index contributed by atoms with van der Waals surface area (Å²) < 4.78 is 1.95. The SMILES string of the molecule is CC(=O)N1CC(c2nncn2C)C2(C1)CN(C(=O)CC1CCCCC1)C2. The van der Waals surface area contributed by atoms with Crippen molar-refractivity contribution >= 4 is 11.8 Å². The van der Waals surface area contributed by atoms with Crippen LogP contribution in [0.3, 0.4) is 0 Å². The smallest absolute Gasteiger partial charge is 0.222 e. The zero-order chi connectivity index (χ0) is 18.3. The maximum Gasteiger partial charge on any atom is 0.222 e. The van der Waals surface area contributed by atoms with Crippen LogP contribution in [0.5, 0.6) is 0 Å². The van der Waals surface area contributed by atoms with Crippen molar-refractivity contribution in [1.82, 2.24) is 24.6 Å². The molecule has 142 valence electrons. The van der Waals surface area contributed by atoms with Gasteiger partial charge in [0, 0.05) is 57.9 Å². The van der Waals surface area contributed by atoms with Crippen molar-refractivity contribution in [3.63, 3.8) is 0 Å². The van der Waals surface area contributed by atoms with E-state index in [0.29, 0.717) is 31.3 Å². The number of likely N-dealkylation sites (tertiary alicyclic amines) is 2. The molecule has 0 N–H and O–H groups in total. The van der Waals surface area contributed by atoms with Gasteiger partial charge in [-0.1, -0.05) is 19.3 Å². The van der Waals surface area contributed by atoms with E-state index < -0.39 is 0 Å². The van der Waals surface area contributed by atoms with Gasteiger partial charge in [0.15, 0.2) is 0 Å². The van der Waals surface area contributed by atoms with Gasteiger partial charge in [-0.15, -0.1) is 10.2 Å². The highest BCUT2D eigenvalue weighted by Gasteiger charge is 2.57. The zero-order valence-electron chi connectivity index (χ0n) is 15.9. The predicted octanol–water partition coefficient (Wildman–Crippen LogP) is 1.56. The van der Waals surface area contributed by atoms with Gasteiger partial charge in [-0.05, 0) is 18.8 Å². The van der Waals surface area contributed by atoms with Crippen LogP contribution in [0.4, 0.5) is 0 Å². The number of hydrogen-bond acceptors (Lipinski definition) is 4. The second-order valence-corrected chi connectivity index (χ2v) is 8.57. The molecule has 1 saturated carbocycles. The normalized spacial score (nSPS) is 25.5. The molecule has 26 heavy (non-hydrogen) atoms. The molecule has 3 fully saturated rings. The Morgan fingerprint density at radius 3 is 2.46 bits per heavy atom. The molecule has 1 spiro atoms. The number of amides is 2. The summed E-state index contributed by atoms with van der Waals surface area (Å²) in [6, 6.07) is 0.